The molecular formula is C21H26ClN5O2. The quantitative estimate of drug-likeness (QED) is 0.562. The lowest BCUT2D eigenvalue weighted by Gasteiger charge is -2.27. The maximum absolute atomic E-state index is 6.44. The molecule has 154 valence electrons. The Morgan fingerprint density at radius 1 is 1.28 bits per heavy atom. The molecule has 1 saturated carbocycles. The number of rotatable bonds is 9. The number of ether oxygens (including phenoxy) is 2. The van der Waals surface area contributed by atoms with Crippen LogP contribution in [0.25, 0.3) is 5.65 Å². The summed E-state index contributed by atoms with van der Waals surface area (Å²) < 4.78 is 12.5. The van der Waals surface area contributed by atoms with Gasteiger partial charge in [0.05, 0.1) is 30.6 Å². The maximum atomic E-state index is 6.44. The van der Waals surface area contributed by atoms with Crippen molar-refractivity contribution in [2.75, 3.05) is 44.1 Å². The first-order valence-electron chi connectivity index (χ1n) is 9.79. The Morgan fingerprint density at radius 2 is 2.10 bits per heavy atom. The second-order valence-electron chi connectivity index (χ2n) is 7.36. The monoisotopic (exact) mass is 415 g/mol. The summed E-state index contributed by atoms with van der Waals surface area (Å²) in [4.78, 5) is 7.13. The molecule has 1 N–H and O–H groups in total. The Kier molecular flexibility index (Phi) is 5.78. The van der Waals surface area contributed by atoms with Crippen LogP contribution in [0.3, 0.4) is 0 Å². The van der Waals surface area contributed by atoms with Crippen LogP contribution in [0.5, 0.6) is 5.75 Å². The Labute approximate surface area is 175 Å². The number of hydrogen-bond donors (Lipinski definition) is 1. The molecule has 0 bridgehead atoms. The smallest absolute Gasteiger partial charge is 0.159 e. The predicted molar refractivity (Wildman–Crippen MR) is 116 cm³/mol. The Balaban J connectivity index is 1.74. The fourth-order valence-corrected chi connectivity index (χ4v) is 3.67. The molecule has 0 radical (unpaired) electrons. The van der Waals surface area contributed by atoms with Gasteiger partial charge < -0.3 is 19.7 Å². The molecule has 0 atom stereocenters. The van der Waals surface area contributed by atoms with Crippen molar-refractivity contribution in [2.45, 2.75) is 19.8 Å². The molecule has 29 heavy (non-hydrogen) atoms. The van der Waals surface area contributed by atoms with Crippen molar-refractivity contribution in [1.82, 2.24) is 14.6 Å². The summed E-state index contributed by atoms with van der Waals surface area (Å²) in [6.45, 7) is 4.52. The van der Waals surface area contributed by atoms with Crippen LogP contribution in [-0.2, 0) is 4.74 Å². The third kappa shape index (κ3) is 4.26. The van der Waals surface area contributed by atoms with Crippen LogP contribution in [0.2, 0.25) is 5.02 Å². The van der Waals surface area contributed by atoms with Gasteiger partial charge in [0, 0.05) is 37.9 Å². The maximum Gasteiger partial charge on any atom is 0.159 e. The lowest BCUT2D eigenvalue weighted by Crippen LogP contribution is -2.32. The highest BCUT2D eigenvalue weighted by Gasteiger charge is 2.27. The number of benzene rings is 1. The van der Waals surface area contributed by atoms with E-state index in [0.29, 0.717) is 17.4 Å². The molecular weight excluding hydrogens is 390 g/mol. The van der Waals surface area contributed by atoms with Gasteiger partial charge in [0.25, 0.3) is 0 Å². The zero-order valence-electron chi connectivity index (χ0n) is 17.0. The molecule has 0 amide bonds. The van der Waals surface area contributed by atoms with E-state index in [-0.39, 0.29) is 0 Å². The molecule has 1 aliphatic carbocycles. The lowest BCUT2D eigenvalue weighted by molar-refractivity contribution is 0.204. The van der Waals surface area contributed by atoms with Crippen LogP contribution in [-0.4, -0.2) is 48.5 Å². The van der Waals surface area contributed by atoms with Crippen molar-refractivity contribution in [3.63, 3.8) is 0 Å². The molecule has 0 spiro atoms. The van der Waals surface area contributed by atoms with Gasteiger partial charge in [0.15, 0.2) is 5.65 Å². The fourth-order valence-electron chi connectivity index (χ4n) is 3.45. The van der Waals surface area contributed by atoms with E-state index in [4.69, 9.17) is 26.1 Å². The highest BCUT2D eigenvalue weighted by Crippen LogP contribution is 2.35. The predicted octanol–water partition coefficient (Wildman–Crippen LogP) is 4.31. The van der Waals surface area contributed by atoms with Gasteiger partial charge in [-0.25, -0.2) is 4.98 Å². The van der Waals surface area contributed by atoms with Gasteiger partial charge in [0.1, 0.15) is 17.4 Å². The molecule has 0 saturated heterocycles. The third-order valence-electron chi connectivity index (χ3n) is 5.21. The molecule has 7 nitrogen and oxygen atoms in total. The summed E-state index contributed by atoms with van der Waals surface area (Å²) in [5.74, 6) is 3.25. The zero-order valence-corrected chi connectivity index (χ0v) is 17.7. The van der Waals surface area contributed by atoms with Crippen molar-refractivity contribution >= 4 is 34.6 Å². The van der Waals surface area contributed by atoms with Crippen molar-refractivity contribution in [2.24, 2.45) is 5.92 Å². The van der Waals surface area contributed by atoms with Gasteiger partial charge in [-0.1, -0.05) is 11.6 Å². The SMILES string of the molecule is COCCN(CC1CC1)c1c(C)c(Nc2ccc(OC)cc2Cl)nc2ccnn12. The Morgan fingerprint density at radius 3 is 2.79 bits per heavy atom. The topological polar surface area (TPSA) is 63.9 Å². The highest BCUT2D eigenvalue weighted by atomic mass is 35.5. The number of methoxy groups -OCH3 is 2. The number of aromatic nitrogens is 3. The first-order valence-corrected chi connectivity index (χ1v) is 10.2. The molecule has 4 rings (SSSR count). The minimum Gasteiger partial charge on any atom is -0.497 e. The van der Waals surface area contributed by atoms with Crippen molar-refractivity contribution in [1.29, 1.82) is 0 Å². The zero-order chi connectivity index (χ0) is 20.4. The van der Waals surface area contributed by atoms with Gasteiger partial charge in [-0.05, 0) is 37.8 Å². The van der Waals surface area contributed by atoms with Crippen molar-refractivity contribution in [3.05, 3.63) is 41.0 Å². The molecule has 1 aliphatic rings. The van der Waals surface area contributed by atoms with Crippen LogP contribution < -0.4 is 15.0 Å². The van der Waals surface area contributed by atoms with E-state index in [1.54, 1.807) is 26.5 Å². The summed E-state index contributed by atoms with van der Waals surface area (Å²) in [6, 6.07) is 7.47. The Hall–Kier alpha value is -2.51. The van der Waals surface area contributed by atoms with Crippen LogP contribution in [0.15, 0.2) is 30.5 Å². The minimum atomic E-state index is 0.578. The van der Waals surface area contributed by atoms with Crippen molar-refractivity contribution in [3.8, 4) is 5.75 Å². The Bertz CT molecular complexity index is 1000. The molecule has 3 aromatic rings. The van der Waals surface area contributed by atoms with E-state index in [1.165, 1.54) is 12.8 Å². The third-order valence-corrected chi connectivity index (χ3v) is 5.52. The van der Waals surface area contributed by atoms with Crippen molar-refractivity contribution < 1.29 is 9.47 Å². The average molecular weight is 416 g/mol. The van der Waals surface area contributed by atoms with Gasteiger partial charge in [-0.2, -0.15) is 9.61 Å². The fraction of sp³-hybridized carbons (Fsp3) is 0.429. The van der Waals surface area contributed by atoms with E-state index in [1.807, 2.05) is 22.7 Å². The van der Waals surface area contributed by atoms with E-state index < -0.39 is 0 Å². The van der Waals surface area contributed by atoms with Crippen LogP contribution in [0, 0.1) is 12.8 Å². The molecule has 1 aromatic carbocycles. The molecule has 0 unspecified atom stereocenters. The summed E-state index contributed by atoms with van der Waals surface area (Å²) in [6.07, 6.45) is 4.34. The van der Waals surface area contributed by atoms with Gasteiger partial charge in [-0.15, -0.1) is 0 Å². The summed E-state index contributed by atoms with van der Waals surface area (Å²) in [5, 5.41) is 8.50. The lowest BCUT2D eigenvalue weighted by atomic mass is 10.2. The van der Waals surface area contributed by atoms with Gasteiger partial charge in [-0.3, -0.25) is 0 Å². The van der Waals surface area contributed by atoms with Crippen LogP contribution in [0.4, 0.5) is 17.3 Å². The van der Waals surface area contributed by atoms with Gasteiger partial charge >= 0.3 is 0 Å². The molecule has 2 aromatic heterocycles. The minimum absolute atomic E-state index is 0.578. The number of nitrogens with one attached hydrogen (secondary N) is 1. The number of anilines is 3. The summed E-state index contributed by atoms with van der Waals surface area (Å²) in [5.41, 5.74) is 2.59. The molecule has 8 heteroatoms. The molecule has 0 aliphatic heterocycles. The van der Waals surface area contributed by atoms with Crippen LogP contribution in [0.1, 0.15) is 18.4 Å². The largest absolute Gasteiger partial charge is 0.497 e. The van der Waals surface area contributed by atoms with E-state index in [0.717, 1.165) is 47.5 Å². The molecule has 2 heterocycles. The second kappa shape index (κ2) is 8.47. The molecule has 1 fully saturated rings. The number of fused-ring (bicyclic) bond motifs is 1. The van der Waals surface area contributed by atoms with E-state index in [9.17, 15) is 0 Å². The standard InChI is InChI=1S/C21H26ClN5O2/c1-14-20(24-18-7-6-16(29-3)12-17(18)22)25-19-8-9-23-27(19)21(14)26(10-11-28-2)13-15-4-5-15/h6-9,12,15H,4-5,10-11,13H2,1-3H3,(H,24,25). The summed E-state index contributed by atoms with van der Waals surface area (Å²) in [7, 11) is 3.36. The van der Waals surface area contributed by atoms with Crippen LogP contribution >= 0.6 is 11.6 Å². The second-order valence-corrected chi connectivity index (χ2v) is 7.77. The normalized spacial score (nSPS) is 13.7. The van der Waals surface area contributed by atoms with E-state index >= 15 is 0 Å². The highest BCUT2D eigenvalue weighted by molar-refractivity contribution is 6.33. The number of nitrogens with zero attached hydrogens (tertiary/aromatic N) is 4. The summed E-state index contributed by atoms with van der Waals surface area (Å²) >= 11 is 6.44. The number of halogens is 1. The first-order chi connectivity index (χ1) is 14.1. The van der Waals surface area contributed by atoms with E-state index in [2.05, 4.69) is 22.2 Å². The number of hydrogen-bond acceptors (Lipinski definition) is 6. The average Bonchev–Trinajstić information content (AvgIpc) is 3.42. The van der Waals surface area contributed by atoms with Gasteiger partial charge in [0.2, 0.25) is 0 Å². The first kappa shape index (κ1) is 19.8.